The summed E-state index contributed by atoms with van der Waals surface area (Å²) >= 11 is 0. The van der Waals surface area contributed by atoms with Gasteiger partial charge in [0.2, 0.25) is 0 Å². The number of fused-ring (bicyclic) bond motifs is 1. The monoisotopic (exact) mass is 182 g/mol. The van der Waals surface area contributed by atoms with E-state index in [0.29, 0.717) is 0 Å². The summed E-state index contributed by atoms with van der Waals surface area (Å²) in [7, 11) is 0. The van der Waals surface area contributed by atoms with Crippen molar-refractivity contribution in [3.8, 4) is 0 Å². The number of H-pyrrole nitrogens is 1. The van der Waals surface area contributed by atoms with E-state index < -0.39 is 0 Å². The molecule has 3 heterocycles. The van der Waals surface area contributed by atoms with Crippen LogP contribution in [0.4, 0.5) is 0 Å². The molecule has 0 fully saturated rings. The van der Waals surface area contributed by atoms with E-state index in [1.54, 1.807) is 6.20 Å². The van der Waals surface area contributed by atoms with Crippen LogP contribution in [-0.4, -0.2) is 9.97 Å². The largest absolute Gasteiger partial charge is 0.346 e. The Kier molecular flexibility index (Phi) is 1.44. The van der Waals surface area contributed by atoms with Crippen molar-refractivity contribution in [1.29, 1.82) is 0 Å². The molecule has 0 atom stereocenters. The summed E-state index contributed by atoms with van der Waals surface area (Å²) in [5.41, 5.74) is 2.95. The molecule has 2 aromatic rings. The van der Waals surface area contributed by atoms with Gasteiger partial charge in [0.05, 0.1) is 5.70 Å². The molecule has 1 radical (unpaired) electrons. The van der Waals surface area contributed by atoms with Crippen molar-refractivity contribution in [3.05, 3.63) is 48.4 Å². The Morgan fingerprint density at radius 3 is 3.14 bits per heavy atom. The summed E-state index contributed by atoms with van der Waals surface area (Å²) in [6.45, 7) is 0. The van der Waals surface area contributed by atoms with Crippen molar-refractivity contribution in [2.75, 3.05) is 0 Å². The van der Waals surface area contributed by atoms with Crippen LogP contribution in [0.2, 0.25) is 0 Å². The summed E-state index contributed by atoms with van der Waals surface area (Å²) in [5, 5.41) is 5.34. The zero-order valence-corrected chi connectivity index (χ0v) is 7.44. The Labute approximate surface area is 81.2 Å². The van der Waals surface area contributed by atoms with Gasteiger partial charge in [-0.2, -0.15) is 0 Å². The number of pyridine rings is 1. The molecule has 0 bridgehead atoms. The summed E-state index contributed by atoms with van der Waals surface area (Å²) < 4.78 is 0. The number of hydrogen-bond donors (Lipinski definition) is 1. The SMILES string of the molecule is C1=C[N]C(c2cnc3[nH]ccc3c2)=C1. The normalized spacial score (nSPS) is 14.4. The van der Waals surface area contributed by atoms with Crippen LogP contribution in [0.1, 0.15) is 5.56 Å². The van der Waals surface area contributed by atoms with Crippen LogP contribution in [-0.2, 0) is 0 Å². The first-order chi connectivity index (χ1) is 6.93. The molecule has 14 heavy (non-hydrogen) atoms. The summed E-state index contributed by atoms with van der Waals surface area (Å²) in [5.74, 6) is 0. The molecule has 0 aliphatic carbocycles. The fourth-order valence-corrected chi connectivity index (χ4v) is 1.55. The maximum absolute atomic E-state index is 4.30. The molecule has 0 spiro atoms. The third-order valence-corrected chi connectivity index (χ3v) is 2.25. The lowest BCUT2D eigenvalue weighted by Crippen LogP contribution is -1.92. The molecule has 1 aliphatic rings. The Bertz CT molecular complexity index is 534. The first-order valence-corrected chi connectivity index (χ1v) is 4.45. The van der Waals surface area contributed by atoms with Crippen molar-refractivity contribution >= 4 is 16.7 Å². The highest BCUT2D eigenvalue weighted by Crippen LogP contribution is 2.19. The third kappa shape index (κ3) is 1.03. The number of nitrogens with zero attached hydrogens (tertiary/aromatic N) is 2. The molecule has 0 saturated heterocycles. The predicted octanol–water partition coefficient (Wildman–Crippen LogP) is 2.04. The molecule has 67 valence electrons. The van der Waals surface area contributed by atoms with E-state index in [9.17, 15) is 0 Å². The van der Waals surface area contributed by atoms with E-state index in [1.165, 1.54) is 0 Å². The standard InChI is InChI=1S/C11H8N3/c1-2-10(12-4-1)9-6-8-3-5-13-11(8)14-7-9/h1-7H,(H,13,14). The molecular formula is C11H8N3. The molecule has 0 aromatic carbocycles. The van der Waals surface area contributed by atoms with Gasteiger partial charge >= 0.3 is 0 Å². The van der Waals surface area contributed by atoms with Crippen molar-refractivity contribution in [1.82, 2.24) is 15.3 Å². The highest BCUT2D eigenvalue weighted by molar-refractivity contribution is 5.80. The predicted molar refractivity (Wildman–Crippen MR) is 55.3 cm³/mol. The molecule has 3 rings (SSSR count). The third-order valence-electron chi connectivity index (χ3n) is 2.25. The van der Waals surface area contributed by atoms with E-state index in [1.807, 2.05) is 30.6 Å². The zero-order chi connectivity index (χ0) is 9.38. The molecular weight excluding hydrogens is 174 g/mol. The summed E-state index contributed by atoms with van der Waals surface area (Å²) in [4.78, 5) is 7.36. The fraction of sp³-hybridized carbons (Fsp3) is 0. The minimum absolute atomic E-state index is 0.917. The first kappa shape index (κ1) is 7.38. The van der Waals surface area contributed by atoms with Crippen molar-refractivity contribution < 1.29 is 0 Å². The van der Waals surface area contributed by atoms with E-state index in [0.717, 1.165) is 22.3 Å². The van der Waals surface area contributed by atoms with Gasteiger partial charge in [0.25, 0.3) is 0 Å². The topological polar surface area (TPSA) is 42.8 Å². The van der Waals surface area contributed by atoms with Crippen LogP contribution >= 0.6 is 0 Å². The molecule has 0 unspecified atom stereocenters. The maximum atomic E-state index is 4.30. The average molecular weight is 182 g/mol. The van der Waals surface area contributed by atoms with Crippen molar-refractivity contribution in [2.45, 2.75) is 0 Å². The lowest BCUT2D eigenvalue weighted by atomic mass is 10.2. The number of nitrogens with one attached hydrogen (secondary N) is 1. The van der Waals surface area contributed by atoms with Crippen LogP contribution in [0, 0.1) is 0 Å². The van der Waals surface area contributed by atoms with Gasteiger partial charge in [0.1, 0.15) is 5.65 Å². The average Bonchev–Trinajstić information content (AvgIpc) is 2.88. The van der Waals surface area contributed by atoms with E-state index in [4.69, 9.17) is 0 Å². The van der Waals surface area contributed by atoms with Gasteiger partial charge in [0, 0.05) is 29.5 Å². The summed E-state index contributed by atoms with van der Waals surface area (Å²) in [6.07, 6.45) is 9.42. The second-order valence-electron chi connectivity index (χ2n) is 3.16. The molecule has 2 aromatic heterocycles. The van der Waals surface area contributed by atoms with Crippen LogP contribution in [0.25, 0.3) is 16.7 Å². The Balaban J connectivity index is 2.13. The highest BCUT2D eigenvalue weighted by Gasteiger charge is 2.05. The van der Waals surface area contributed by atoms with E-state index >= 15 is 0 Å². The quantitative estimate of drug-likeness (QED) is 0.720. The van der Waals surface area contributed by atoms with Crippen LogP contribution in [0.15, 0.2) is 42.9 Å². The number of aromatic amines is 1. The van der Waals surface area contributed by atoms with Gasteiger partial charge in [-0.1, -0.05) is 0 Å². The Morgan fingerprint density at radius 1 is 1.29 bits per heavy atom. The lowest BCUT2D eigenvalue weighted by Gasteiger charge is -2.00. The molecule has 1 aliphatic heterocycles. The van der Waals surface area contributed by atoms with Gasteiger partial charge in [-0.25, -0.2) is 4.98 Å². The number of allylic oxidation sites excluding steroid dienone is 2. The molecule has 3 heteroatoms. The first-order valence-electron chi connectivity index (χ1n) is 4.45. The van der Waals surface area contributed by atoms with Crippen LogP contribution in [0.3, 0.4) is 0 Å². The van der Waals surface area contributed by atoms with E-state index in [-0.39, 0.29) is 0 Å². The minimum atomic E-state index is 0.917. The maximum Gasteiger partial charge on any atom is 0.137 e. The number of rotatable bonds is 1. The van der Waals surface area contributed by atoms with Crippen molar-refractivity contribution in [2.24, 2.45) is 0 Å². The van der Waals surface area contributed by atoms with Gasteiger partial charge in [-0.3, -0.25) is 5.32 Å². The summed E-state index contributed by atoms with van der Waals surface area (Å²) in [6, 6.07) is 4.09. The highest BCUT2D eigenvalue weighted by atomic mass is 14.9. The minimum Gasteiger partial charge on any atom is -0.346 e. The van der Waals surface area contributed by atoms with Gasteiger partial charge < -0.3 is 4.98 Å². The number of hydrogen-bond acceptors (Lipinski definition) is 1. The second kappa shape index (κ2) is 2.73. The number of aromatic nitrogens is 2. The lowest BCUT2D eigenvalue weighted by molar-refractivity contribution is 1.21. The smallest absolute Gasteiger partial charge is 0.137 e. The molecule has 0 amide bonds. The van der Waals surface area contributed by atoms with E-state index in [2.05, 4.69) is 21.4 Å². The van der Waals surface area contributed by atoms with Gasteiger partial charge in [-0.05, 0) is 24.3 Å². The molecule has 0 saturated carbocycles. The van der Waals surface area contributed by atoms with Gasteiger partial charge in [-0.15, -0.1) is 0 Å². The van der Waals surface area contributed by atoms with Crippen LogP contribution in [0.5, 0.6) is 0 Å². The Morgan fingerprint density at radius 2 is 2.29 bits per heavy atom. The fourth-order valence-electron chi connectivity index (χ4n) is 1.55. The second-order valence-corrected chi connectivity index (χ2v) is 3.16. The molecule has 3 nitrogen and oxygen atoms in total. The van der Waals surface area contributed by atoms with Gasteiger partial charge in [0.15, 0.2) is 0 Å². The van der Waals surface area contributed by atoms with Crippen molar-refractivity contribution in [3.63, 3.8) is 0 Å². The Hall–Kier alpha value is -2.03. The van der Waals surface area contributed by atoms with Crippen LogP contribution < -0.4 is 5.32 Å². The zero-order valence-electron chi connectivity index (χ0n) is 7.44. The molecule has 1 N–H and O–H groups in total.